The zero-order chi connectivity index (χ0) is 13.1. The van der Waals surface area contributed by atoms with Crippen molar-refractivity contribution in [2.24, 2.45) is 5.92 Å². The van der Waals surface area contributed by atoms with Crippen LogP contribution in [0.1, 0.15) is 48.4 Å². The molecule has 0 unspecified atom stereocenters. The summed E-state index contributed by atoms with van der Waals surface area (Å²) in [6, 6.07) is 5.47. The number of piperazine rings is 1. The lowest BCUT2D eigenvalue weighted by Gasteiger charge is -2.37. The topological polar surface area (TPSA) is 15.3 Å². The van der Waals surface area contributed by atoms with Gasteiger partial charge in [0.15, 0.2) is 0 Å². The van der Waals surface area contributed by atoms with E-state index in [0.29, 0.717) is 6.04 Å². The molecule has 1 aliphatic carbocycles. The smallest absolute Gasteiger partial charge is 0.0470 e. The lowest BCUT2D eigenvalue weighted by molar-refractivity contribution is 0.128. The first kappa shape index (κ1) is 13.6. The summed E-state index contributed by atoms with van der Waals surface area (Å²) in [7, 11) is 0. The van der Waals surface area contributed by atoms with E-state index in [-0.39, 0.29) is 0 Å². The van der Waals surface area contributed by atoms with Crippen LogP contribution in [0.25, 0.3) is 0 Å². The van der Waals surface area contributed by atoms with E-state index in [0.717, 1.165) is 19.0 Å². The highest BCUT2D eigenvalue weighted by molar-refractivity contribution is 7.12. The minimum atomic E-state index is 0.704. The Morgan fingerprint density at radius 3 is 2.63 bits per heavy atom. The van der Waals surface area contributed by atoms with Gasteiger partial charge >= 0.3 is 0 Å². The van der Waals surface area contributed by atoms with Crippen molar-refractivity contribution < 1.29 is 0 Å². The maximum Gasteiger partial charge on any atom is 0.0470 e. The molecule has 1 aromatic heterocycles. The maximum absolute atomic E-state index is 3.49. The highest BCUT2D eigenvalue weighted by Crippen LogP contribution is 2.41. The normalized spacial score (nSPS) is 23.8. The van der Waals surface area contributed by atoms with Crippen LogP contribution in [-0.4, -0.2) is 31.1 Å². The zero-order valence-corrected chi connectivity index (χ0v) is 12.8. The van der Waals surface area contributed by atoms with Crippen molar-refractivity contribution in [2.75, 3.05) is 26.2 Å². The summed E-state index contributed by atoms with van der Waals surface area (Å²) in [5.41, 5.74) is 0. The second-order valence-corrected chi connectivity index (χ2v) is 7.13. The molecule has 106 valence electrons. The van der Waals surface area contributed by atoms with Crippen molar-refractivity contribution in [1.29, 1.82) is 0 Å². The van der Waals surface area contributed by atoms with Crippen LogP contribution in [-0.2, 0) is 6.42 Å². The second kappa shape index (κ2) is 6.38. The summed E-state index contributed by atoms with van der Waals surface area (Å²) in [6.07, 6.45) is 6.95. The Balaban J connectivity index is 1.81. The summed E-state index contributed by atoms with van der Waals surface area (Å²) in [5, 5.41) is 3.49. The van der Waals surface area contributed by atoms with E-state index in [9.17, 15) is 0 Å². The van der Waals surface area contributed by atoms with Crippen molar-refractivity contribution >= 4 is 11.3 Å². The van der Waals surface area contributed by atoms with Crippen LogP contribution in [0.3, 0.4) is 0 Å². The predicted molar refractivity (Wildman–Crippen MR) is 82.8 cm³/mol. The van der Waals surface area contributed by atoms with Crippen LogP contribution in [0.5, 0.6) is 0 Å². The number of nitrogens with zero attached hydrogens (tertiary/aromatic N) is 1. The Morgan fingerprint density at radius 1 is 1.26 bits per heavy atom. The molecular formula is C16H26N2S. The molecule has 1 N–H and O–H groups in total. The van der Waals surface area contributed by atoms with Crippen molar-refractivity contribution in [3.8, 4) is 0 Å². The minimum absolute atomic E-state index is 0.704. The van der Waals surface area contributed by atoms with Gasteiger partial charge in [-0.05, 0) is 37.3 Å². The molecular weight excluding hydrogens is 252 g/mol. The lowest BCUT2D eigenvalue weighted by atomic mass is 9.94. The quantitative estimate of drug-likeness (QED) is 0.907. The average molecular weight is 278 g/mol. The molecule has 2 heterocycles. The van der Waals surface area contributed by atoms with Gasteiger partial charge in [0.05, 0.1) is 0 Å². The molecule has 19 heavy (non-hydrogen) atoms. The molecule has 2 aliphatic rings. The van der Waals surface area contributed by atoms with Gasteiger partial charge in [-0.25, -0.2) is 0 Å². The van der Waals surface area contributed by atoms with Crippen molar-refractivity contribution in [1.82, 2.24) is 10.2 Å². The molecule has 0 radical (unpaired) electrons. The Labute approximate surface area is 121 Å². The number of rotatable bonds is 4. The molecule has 0 spiro atoms. The van der Waals surface area contributed by atoms with Gasteiger partial charge in [0.25, 0.3) is 0 Å². The lowest BCUT2D eigenvalue weighted by Crippen LogP contribution is -2.46. The van der Waals surface area contributed by atoms with E-state index < -0.39 is 0 Å². The van der Waals surface area contributed by atoms with Gasteiger partial charge < -0.3 is 5.32 Å². The highest BCUT2D eigenvalue weighted by Gasteiger charge is 2.32. The van der Waals surface area contributed by atoms with E-state index in [4.69, 9.17) is 0 Å². The van der Waals surface area contributed by atoms with E-state index in [1.165, 1.54) is 45.2 Å². The first-order chi connectivity index (χ1) is 9.38. The minimum Gasteiger partial charge on any atom is -0.314 e. The molecule has 0 aromatic carbocycles. The molecule has 1 aliphatic heterocycles. The summed E-state index contributed by atoms with van der Waals surface area (Å²) >= 11 is 2.06. The standard InChI is InChI=1S/C16H26N2S/c1-2-14-7-8-15(19-14)16(13-5-3-4-6-13)18-11-9-17-10-12-18/h7-8,13,16-17H,2-6,9-12H2,1H3/t16-/m1/s1. The summed E-state index contributed by atoms with van der Waals surface area (Å²) in [4.78, 5) is 5.93. The third-order valence-corrected chi connectivity index (χ3v) is 6.01. The zero-order valence-electron chi connectivity index (χ0n) is 12.0. The molecule has 3 rings (SSSR count). The van der Waals surface area contributed by atoms with Crippen LogP contribution >= 0.6 is 11.3 Å². The van der Waals surface area contributed by atoms with Crippen LogP contribution in [0.2, 0.25) is 0 Å². The van der Waals surface area contributed by atoms with Gasteiger partial charge in [-0.1, -0.05) is 19.8 Å². The highest BCUT2D eigenvalue weighted by atomic mass is 32.1. The Bertz CT molecular complexity index is 389. The first-order valence-corrected chi connectivity index (χ1v) is 8.73. The van der Waals surface area contributed by atoms with Crippen LogP contribution in [0, 0.1) is 5.92 Å². The van der Waals surface area contributed by atoms with Crippen molar-refractivity contribution in [3.63, 3.8) is 0 Å². The fourth-order valence-electron chi connectivity index (χ4n) is 3.69. The average Bonchev–Trinajstić information content (AvgIpc) is 3.12. The monoisotopic (exact) mass is 278 g/mol. The fraction of sp³-hybridized carbons (Fsp3) is 0.750. The number of thiophene rings is 1. The van der Waals surface area contributed by atoms with Gasteiger partial charge in [0.2, 0.25) is 0 Å². The molecule has 2 fully saturated rings. The molecule has 1 saturated heterocycles. The van der Waals surface area contributed by atoms with Gasteiger partial charge in [-0.3, -0.25) is 4.90 Å². The molecule has 2 nitrogen and oxygen atoms in total. The van der Waals surface area contributed by atoms with Crippen LogP contribution < -0.4 is 5.32 Å². The third-order valence-electron chi connectivity index (χ3n) is 4.71. The van der Waals surface area contributed by atoms with Gasteiger partial charge in [0, 0.05) is 42.0 Å². The van der Waals surface area contributed by atoms with Gasteiger partial charge in [0.1, 0.15) is 0 Å². The molecule has 1 atom stereocenters. The number of nitrogens with one attached hydrogen (secondary N) is 1. The fourth-order valence-corrected chi connectivity index (χ4v) is 4.87. The number of hydrogen-bond acceptors (Lipinski definition) is 3. The molecule has 1 saturated carbocycles. The third kappa shape index (κ3) is 3.04. The van der Waals surface area contributed by atoms with Crippen LogP contribution in [0.15, 0.2) is 12.1 Å². The second-order valence-electron chi connectivity index (χ2n) is 5.93. The maximum atomic E-state index is 3.49. The summed E-state index contributed by atoms with van der Waals surface area (Å²) in [5.74, 6) is 0.904. The van der Waals surface area contributed by atoms with E-state index in [1.54, 1.807) is 9.75 Å². The summed E-state index contributed by atoms with van der Waals surface area (Å²) in [6.45, 7) is 7.04. The first-order valence-electron chi connectivity index (χ1n) is 7.92. The van der Waals surface area contributed by atoms with E-state index >= 15 is 0 Å². The van der Waals surface area contributed by atoms with Crippen LogP contribution in [0.4, 0.5) is 0 Å². The Morgan fingerprint density at radius 2 is 2.00 bits per heavy atom. The summed E-state index contributed by atoms with van der Waals surface area (Å²) < 4.78 is 0. The largest absolute Gasteiger partial charge is 0.314 e. The Hall–Kier alpha value is -0.380. The molecule has 1 aromatic rings. The Kier molecular flexibility index (Phi) is 4.57. The number of aryl methyl sites for hydroxylation is 1. The SMILES string of the molecule is CCc1ccc([C@@H](C2CCCC2)N2CCNCC2)s1. The molecule has 0 amide bonds. The van der Waals surface area contributed by atoms with E-state index in [1.807, 2.05) is 0 Å². The molecule has 3 heteroatoms. The van der Waals surface area contributed by atoms with Gasteiger partial charge in [-0.2, -0.15) is 0 Å². The number of hydrogen-bond donors (Lipinski definition) is 1. The van der Waals surface area contributed by atoms with Crippen molar-refractivity contribution in [2.45, 2.75) is 45.1 Å². The predicted octanol–water partition coefficient (Wildman–Crippen LogP) is 3.45. The molecule has 0 bridgehead atoms. The van der Waals surface area contributed by atoms with E-state index in [2.05, 4.69) is 40.6 Å². The van der Waals surface area contributed by atoms with Crippen molar-refractivity contribution in [3.05, 3.63) is 21.9 Å². The van der Waals surface area contributed by atoms with Gasteiger partial charge in [-0.15, -0.1) is 11.3 Å².